The molecule has 2 aromatic rings. The summed E-state index contributed by atoms with van der Waals surface area (Å²) in [6.45, 7) is 2.53. The Morgan fingerprint density at radius 1 is 1.40 bits per heavy atom. The molecule has 0 saturated carbocycles. The molecule has 2 rings (SSSR count). The summed E-state index contributed by atoms with van der Waals surface area (Å²) < 4.78 is 6.24. The quantitative estimate of drug-likeness (QED) is 0.737. The average molecular weight is 355 g/mol. The summed E-state index contributed by atoms with van der Waals surface area (Å²) in [4.78, 5) is 4.41. The predicted octanol–water partition coefficient (Wildman–Crippen LogP) is 3.47. The average Bonchev–Trinajstić information content (AvgIpc) is 2.96. The fraction of sp³-hybridized carbons (Fsp3) is 0.400. The number of hydrogen-bond acceptors (Lipinski definition) is 4. The lowest BCUT2D eigenvalue weighted by Crippen LogP contribution is -2.26. The van der Waals surface area contributed by atoms with Gasteiger partial charge < -0.3 is 10.1 Å². The van der Waals surface area contributed by atoms with Gasteiger partial charge in [0.1, 0.15) is 0 Å². The number of halogens is 1. The fourth-order valence-corrected chi connectivity index (χ4v) is 3.32. The molecule has 0 spiro atoms. The third-order valence-electron chi connectivity index (χ3n) is 3.16. The molecule has 0 aliphatic carbocycles. The topological polar surface area (TPSA) is 34.1 Å². The maximum absolute atomic E-state index is 5.08. The highest BCUT2D eigenvalue weighted by molar-refractivity contribution is 9.10. The predicted molar refractivity (Wildman–Crippen MR) is 87.4 cm³/mol. The van der Waals surface area contributed by atoms with E-state index in [-0.39, 0.29) is 0 Å². The molecule has 3 nitrogen and oxygen atoms in total. The lowest BCUT2D eigenvalue weighted by atomic mass is 9.94. The first-order chi connectivity index (χ1) is 9.81. The van der Waals surface area contributed by atoms with Crippen molar-refractivity contribution in [3.05, 3.63) is 50.9 Å². The molecule has 20 heavy (non-hydrogen) atoms. The molecule has 1 N–H and O–H groups in total. The Morgan fingerprint density at radius 2 is 2.25 bits per heavy atom. The van der Waals surface area contributed by atoms with E-state index in [1.165, 1.54) is 5.56 Å². The first-order valence-electron chi connectivity index (χ1n) is 6.62. The molecule has 1 aromatic heterocycles. The summed E-state index contributed by atoms with van der Waals surface area (Å²) in [5.41, 5.74) is 4.37. The number of benzene rings is 1. The van der Waals surface area contributed by atoms with Crippen LogP contribution in [0, 0.1) is 0 Å². The van der Waals surface area contributed by atoms with Crippen LogP contribution in [0.4, 0.5) is 0 Å². The van der Waals surface area contributed by atoms with Crippen LogP contribution in [-0.4, -0.2) is 31.8 Å². The molecule has 1 unspecified atom stereocenters. The Hall–Kier alpha value is -0.750. The van der Waals surface area contributed by atoms with Gasteiger partial charge in [-0.3, -0.25) is 0 Å². The van der Waals surface area contributed by atoms with Crippen LogP contribution in [-0.2, 0) is 11.2 Å². The molecule has 0 aliphatic rings. The number of methoxy groups -OCH3 is 1. The van der Waals surface area contributed by atoms with E-state index >= 15 is 0 Å². The van der Waals surface area contributed by atoms with Gasteiger partial charge in [-0.15, -0.1) is 11.3 Å². The second-order valence-corrected chi connectivity index (χ2v) is 6.17. The molecular weight excluding hydrogens is 336 g/mol. The molecule has 1 atom stereocenters. The van der Waals surface area contributed by atoms with Crippen molar-refractivity contribution in [1.82, 2.24) is 10.3 Å². The van der Waals surface area contributed by atoms with Crippen LogP contribution < -0.4 is 5.32 Å². The summed E-state index contributed by atoms with van der Waals surface area (Å²) in [7, 11) is 1.72. The number of thiazole rings is 1. The highest BCUT2D eigenvalue weighted by atomic mass is 79.9. The minimum Gasteiger partial charge on any atom is -0.383 e. The summed E-state index contributed by atoms with van der Waals surface area (Å²) in [5.74, 6) is 0.407. The second kappa shape index (κ2) is 8.52. The Kier molecular flexibility index (Phi) is 6.66. The first-order valence-corrected chi connectivity index (χ1v) is 8.36. The second-order valence-electron chi connectivity index (χ2n) is 4.60. The molecule has 1 heterocycles. The van der Waals surface area contributed by atoms with E-state index in [0.717, 1.165) is 36.3 Å². The number of hydrogen-bond donors (Lipinski definition) is 1. The van der Waals surface area contributed by atoms with Crippen molar-refractivity contribution >= 4 is 27.3 Å². The van der Waals surface area contributed by atoms with Crippen molar-refractivity contribution < 1.29 is 4.74 Å². The lowest BCUT2D eigenvalue weighted by Gasteiger charge is -2.18. The number of rotatable bonds is 8. The Bertz CT molecular complexity index is 504. The molecule has 0 saturated heterocycles. The smallest absolute Gasteiger partial charge is 0.0794 e. The minimum absolute atomic E-state index is 0.407. The van der Waals surface area contributed by atoms with E-state index in [1.807, 2.05) is 11.6 Å². The molecule has 0 bridgehead atoms. The monoisotopic (exact) mass is 354 g/mol. The van der Waals surface area contributed by atoms with Crippen LogP contribution in [0.3, 0.4) is 0 Å². The van der Waals surface area contributed by atoms with Gasteiger partial charge in [-0.1, -0.05) is 34.1 Å². The van der Waals surface area contributed by atoms with Gasteiger partial charge in [0.05, 0.1) is 17.8 Å². The third-order valence-corrected chi connectivity index (χ3v) is 4.52. The van der Waals surface area contributed by atoms with Crippen LogP contribution in [0.15, 0.2) is 39.6 Å². The molecule has 0 amide bonds. The van der Waals surface area contributed by atoms with E-state index < -0.39 is 0 Å². The SMILES string of the molecule is COCCNCC(Cc1cscn1)c1ccccc1Br. The van der Waals surface area contributed by atoms with Crippen molar-refractivity contribution in [3.63, 3.8) is 0 Å². The van der Waals surface area contributed by atoms with Gasteiger partial charge in [-0.2, -0.15) is 0 Å². The van der Waals surface area contributed by atoms with E-state index in [1.54, 1.807) is 18.4 Å². The van der Waals surface area contributed by atoms with Crippen LogP contribution >= 0.6 is 27.3 Å². The van der Waals surface area contributed by atoms with Crippen LogP contribution in [0.5, 0.6) is 0 Å². The van der Waals surface area contributed by atoms with Crippen molar-refractivity contribution in [1.29, 1.82) is 0 Å². The van der Waals surface area contributed by atoms with E-state index in [9.17, 15) is 0 Å². The fourth-order valence-electron chi connectivity index (χ4n) is 2.14. The maximum Gasteiger partial charge on any atom is 0.0794 e. The zero-order chi connectivity index (χ0) is 14.2. The highest BCUT2D eigenvalue weighted by Crippen LogP contribution is 2.27. The minimum atomic E-state index is 0.407. The van der Waals surface area contributed by atoms with Gasteiger partial charge in [0.2, 0.25) is 0 Å². The maximum atomic E-state index is 5.08. The number of aromatic nitrogens is 1. The van der Waals surface area contributed by atoms with Gasteiger partial charge in [0.15, 0.2) is 0 Å². The molecule has 0 fully saturated rings. The lowest BCUT2D eigenvalue weighted by molar-refractivity contribution is 0.199. The van der Waals surface area contributed by atoms with Gasteiger partial charge in [0.25, 0.3) is 0 Å². The molecule has 108 valence electrons. The van der Waals surface area contributed by atoms with Gasteiger partial charge in [0, 0.05) is 36.0 Å². The van der Waals surface area contributed by atoms with Crippen LogP contribution in [0.1, 0.15) is 17.2 Å². The van der Waals surface area contributed by atoms with Gasteiger partial charge >= 0.3 is 0 Å². The van der Waals surface area contributed by atoms with Crippen molar-refractivity contribution in [2.45, 2.75) is 12.3 Å². The van der Waals surface area contributed by atoms with Crippen molar-refractivity contribution in [3.8, 4) is 0 Å². The highest BCUT2D eigenvalue weighted by Gasteiger charge is 2.15. The number of nitrogens with zero attached hydrogens (tertiary/aromatic N) is 1. The van der Waals surface area contributed by atoms with Gasteiger partial charge in [-0.25, -0.2) is 4.98 Å². The van der Waals surface area contributed by atoms with Crippen LogP contribution in [0.2, 0.25) is 0 Å². The Labute approximate surface area is 132 Å². The normalized spacial score (nSPS) is 12.5. The molecule has 1 aromatic carbocycles. The zero-order valence-electron chi connectivity index (χ0n) is 11.5. The zero-order valence-corrected chi connectivity index (χ0v) is 13.9. The first kappa shape index (κ1) is 15.6. The third kappa shape index (κ3) is 4.66. The molecular formula is C15H19BrN2OS. The summed E-state index contributed by atoms with van der Waals surface area (Å²) in [5, 5.41) is 5.58. The van der Waals surface area contributed by atoms with E-state index in [0.29, 0.717) is 5.92 Å². The summed E-state index contributed by atoms with van der Waals surface area (Å²) >= 11 is 5.30. The van der Waals surface area contributed by atoms with Crippen LogP contribution in [0.25, 0.3) is 0 Å². The van der Waals surface area contributed by atoms with Crippen molar-refractivity contribution in [2.24, 2.45) is 0 Å². The van der Waals surface area contributed by atoms with E-state index in [4.69, 9.17) is 4.74 Å². The van der Waals surface area contributed by atoms with Gasteiger partial charge in [-0.05, 0) is 18.1 Å². The van der Waals surface area contributed by atoms with Crippen molar-refractivity contribution in [2.75, 3.05) is 26.8 Å². The summed E-state index contributed by atoms with van der Waals surface area (Å²) in [6, 6.07) is 8.41. The number of nitrogens with one attached hydrogen (secondary N) is 1. The van der Waals surface area contributed by atoms with E-state index in [2.05, 4.69) is 49.8 Å². The Morgan fingerprint density at radius 3 is 2.95 bits per heavy atom. The molecule has 0 radical (unpaired) electrons. The Balaban J connectivity index is 2.05. The largest absolute Gasteiger partial charge is 0.383 e. The standard InChI is InChI=1S/C15H19BrN2OS/c1-19-7-6-17-9-12(8-13-10-20-11-18-13)14-4-2-3-5-15(14)16/h2-5,10-12,17H,6-9H2,1H3. The number of ether oxygens (including phenoxy) is 1. The summed E-state index contributed by atoms with van der Waals surface area (Å²) in [6.07, 6.45) is 0.950. The molecule has 5 heteroatoms. The molecule has 0 aliphatic heterocycles.